The van der Waals surface area contributed by atoms with Crippen LogP contribution in [-0.4, -0.2) is 64.0 Å². The second kappa shape index (κ2) is 5.62. The van der Waals surface area contributed by atoms with Crippen LogP contribution in [0.3, 0.4) is 0 Å². The number of rotatable bonds is 5. The Morgan fingerprint density at radius 1 is 1.47 bits per heavy atom. The van der Waals surface area contributed by atoms with Gasteiger partial charge in [-0.1, -0.05) is 0 Å². The molecule has 2 saturated heterocycles. The molecule has 2 rings (SSSR count). The van der Waals surface area contributed by atoms with Crippen LogP contribution in [0.15, 0.2) is 0 Å². The predicted molar refractivity (Wildman–Crippen MR) is 65.2 cm³/mol. The van der Waals surface area contributed by atoms with Crippen molar-refractivity contribution in [2.24, 2.45) is 5.73 Å². The molecule has 0 aromatic heterocycles. The summed E-state index contributed by atoms with van der Waals surface area (Å²) in [6.07, 6.45) is 2.39. The normalized spacial score (nSPS) is 30.4. The zero-order valence-electron chi connectivity index (χ0n) is 9.97. The Balaban J connectivity index is 1.77. The van der Waals surface area contributed by atoms with E-state index < -0.39 is 10.0 Å². The molecule has 6 nitrogen and oxygen atoms in total. The standard InChI is InChI=1S/C10H21N3O3S/c11-3-5-17(14,15)12-6-10-7-13-4-1-2-9(13)8-16-10/h9-10,12H,1-8,11H2. The Hall–Kier alpha value is -0.210. The molecular weight excluding hydrogens is 242 g/mol. The number of fused-ring (bicyclic) bond motifs is 1. The van der Waals surface area contributed by atoms with Crippen LogP contribution in [0.5, 0.6) is 0 Å². The van der Waals surface area contributed by atoms with E-state index in [-0.39, 0.29) is 18.4 Å². The summed E-state index contributed by atoms with van der Waals surface area (Å²) in [6, 6.07) is 0.548. The monoisotopic (exact) mass is 263 g/mol. The first-order valence-corrected chi connectivity index (χ1v) is 7.79. The van der Waals surface area contributed by atoms with E-state index in [1.807, 2.05) is 0 Å². The summed E-state index contributed by atoms with van der Waals surface area (Å²) in [4.78, 5) is 2.39. The highest BCUT2D eigenvalue weighted by molar-refractivity contribution is 7.89. The summed E-state index contributed by atoms with van der Waals surface area (Å²) in [5.41, 5.74) is 5.23. The lowest BCUT2D eigenvalue weighted by Gasteiger charge is -2.35. The number of nitrogens with zero attached hydrogens (tertiary/aromatic N) is 1. The second-order valence-corrected chi connectivity index (χ2v) is 6.63. The Labute approximate surface area is 103 Å². The van der Waals surface area contributed by atoms with Gasteiger partial charge in [-0.25, -0.2) is 13.1 Å². The summed E-state index contributed by atoms with van der Waals surface area (Å²) >= 11 is 0. The molecule has 100 valence electrons. The van der Waals surface area contributed by atoms with Crippen LogP contribution in [-0.2, 0) is 14.8 Å². The van der Waals surface area contributed by atoms with Gasteiger partial charge in [0.1, 0.15) is 0 Å². The molecule has 7 heteroatoms. The third kappa shape index (κ3) is 3.62. The molecule has 0 saturated carbocycles. The van der Waals surface area contributed by atoms with Crippen LogP contribution in [0.2, 0.25) is 0 Å². The Morgan fingerprint density at radius 3 is 3.06 bits per heavy atom. The first-order chi connectivity index (χ1) is 8.11. The van der Waals surface area contributed by atoms with E-state index in [0.29, 0.717) is 12.6 Å². The van der Waals surface area contributed by atoms with Gasteiger partial charge in [-0.3, -0.25) is 4.90 Å². The van der Waals surface area contributed by atoms with Crippen molar-refractivity contribution < 1.29 is 13.2 Å². The summed E-state index contributed by atoms with van der Waals surface area (Å²) in [5.74, 6) is -0.0218. The van der Waals surface area contributed by atoms with Gasteiger partial charge in [0.15, 0.2) is 0 Å². The van der Waals surface area contributed by atoms with E-state index in [9.17, 15) is 8.42 Å². The maximum absolute atomic E-state index is 11.4. The molecule has 0 amide bonds. The van der Waals surface area contributed by atoms with E-state index >= 15 is 0 Å². The molecule has 3 N–H and O–H groups in total. The predicted octanol–water partition coefficient (Wildman–Crippen LogP) is -1.27. The van der Waals surface area contributed by atoms with Crippen molar-refractivity contribution in [3.05, 3.63) is 0 Å². The van der Waals surface area contributed by atoms with Crippen LogP contribution in [0.4, 0.5) is 0 Å². The molecule has 2 heterocycles. The second-order valence-electron chi connectivity index (χ2n) is 4.70. The Bertz CT molecular complexity index is 347. The van der Waals surface area contributed by atoms with Crippen LogP contribution in [0.25, 0.3) is 0 Å². The highest BCUT2D eigenvalue weighted by Crippen LogP contribution is 2.22. The van der Waals surface area contributed by atoms with Crippen LogP contribution in [0.1, 0.15) is 12.8 Å². The first-order valence-electron chi connectivity index (χ1n) is 6.14. The van der Waals surface area contributed by atoms with Gasteiger partial charge in [0.2, 0.25) is 10.0 Å². The molecule has 2 aliphatic heterocycles. The van der Waals surface area contributed by atoms with Gasteiger partial charge in [0.05, 0.1) is 18.5 Å². The number of nitrogens with two attached hydrogens (primary N) is 1. The lowest BCUT2D eigenvalue weighted by Crippen LogP contribution is -2.50. The van der Waals surface area contributed by atoms with E-state index in [4.69, 9.17) is 10.5 Å². The number of nitrogens with one attached hydrogen (secondary N) is 1. The van der Waals surface area contributed by atoms with Crippen molar-refractivity contribution in [2.75, 3.05) is 38.5 Å². The molecule has 2 atom stereocenters. The van der Waals surface area contributed by atoms with Crippen LogP contribution >= 0.6 is 0 Å². The molecule has 0 aromatic carbocycles. The molecular formula is C10H21N3O3S. The van der Waals surface area contributed by atoms with E-state index in [0.717, 1.165) is 19.7 Å². The molecule has 0 radical (unpaired) electrons. The van der Waals surface area contributed by atoms with Gasteiger partial charge in [-0.05, 0) is 19.4 Å². The maximum atomic E-state index is 11.4. The van der Waals surface area contributed by atoms with Crippen LogP contribution in [0, 0.1) is 0 Å². The van der Waals surface area contributed by atoms with Gasteiger partial charge in [-0.15, -0.1) is 0 Å². The molecule has 0 aliphatic carbocycles. The largest absolute Gasteiger partial charge is 0.374 e. The minimum absolute atomic E-state index is 0.0218. The van der Waals surface area contributed by atoms with Gasteiger partial charge < -0.3 is 10.5 Å². The Kier molecular flexibility index (Phi) is 4.37. The van der Waals surface area contributed by atoms with Crippen molar-refractivity contribution >= 4 is 10.0 Å². The quantitative estimate of drug-likeness (QED) is 0.646. The zero-order valence-corrected chi connectivity index (χ0v) is 10.8. The summed E-state index contributed by atoms with van der Waals surface area (Å²) in [7, 11) is -3.23. The van der Waals surface area contributed by atoms with E-state index in [1.54, 1.807) is 0 Å². The summed E-state index contributed by atoms with van der Waals surface area (Å²) < 4.78 is 31.1. The van der Waals surface area contributed by atoms with Crippen molar-refractivity contribution in [3.8, 4) is 0 Å². The number of sulfonamides is 1. The molecule has 2 aliphatic rings. The van der Waals surface area contributed by atoms with Crippen molar-refractivity contribution in [3.63, 3.8) is 0 Å². The smallest absolute Gasteiger partial charge is 0.212 e. The van der Waals surface area contributed by atoms with Crippen molar-refractivity contribution in [1.29, 1.82) is 0 Å². The molecule has 0 aromatic rings. The number of ether oxygens (including phenoxy) is 1. The summed E-state index contributed by atoms with van der Waals surface area (Å²) in [6.45, 7) is 3.17. The fourth-order valence-corrected chi connectivity index (χ4v) is 3.35. The highest BCUT2D eigenvalue weighted by Gasteiger charge is 2.32. The number of morpholine rings is 1. The SMILES string of the molecule is NCCS(=O)(=O)NCC1CN2CCCC2CO1. The van der Waals surface area contributed by atoms with Gasteiger partial charge in [0.25, 0.3) is 0 Å². The third-order valence-electron chi connectivity index (χ3n) is 3.38. The van der Waals surface area contributed by atoms with Crippen molar-refractivity contribution in [1.82, 2.24) is 9.62 Å². The van der Waals surface area contributed by atoms with Crippen LogP contribution < -0.4 is 10.5 Å². The molecule has 17 heavy (non-hydrogen) atoms. The number of hydrogen-bond acceptors (Lipinski definition) is 5. The topological polar surface area (TPSA) is 84.7 Å². The van der Waals surface area contributed by atoms with E-state index in [1.165, 1.54) is 12.8 Å². The average molecular weight is 263 g/mol. The first kappa shape index (κ1) is 13.2. The average Bonchev–Trinajstić information content (AvgIpc) is 2.73. The minimum Gasteiger partial charge on any atom is -0.374 e. The molecule has 2 unspecified atom stereocenters. The fraction of sp³-hybridized carbons (Fsp3) is 1.00. The number of hydrogen-bond donors (Lipinski definition) is 2. The summed E-state index contributed by atoms with van der Waals surface area (Å²) in [5, 5.41) is 0. The lowest BCUT2D eigenvalue weighted by atomic mass is 10.2. The van der Waals surface area contributed by atoms with Gasteiger partial charge >= 0.3 is 0 Å². The maximum Gasteiger partial charge on any atom is 0.212 e. The Morgan fingerprint density at radius 2 is 2.29 bits per heavy atom. The molecule has 0 spiro atoms. The van der Waals surface area contributed by atoms with E-state index in [2.05, 4.69) is 9.62 Å². The molecule has 2 fully saturated rings. The fourth-order valence-electron chi connectivity index (χ4n) is 2.46. The zero-order chi connectivity index (χ0) is 12.3. The van der Waals surface area contributed by atoms with Gasteiger partial charge in [-0.2, -0.15) is 0 Å². The lowest BCUT2D eigenvalue weighted by molar-refractivity contribution is -0.0448. The van der Waals surface area contributed by atoms with Gasteiger partial charge in [0, 0.05) is 25.7 Å². The highest BCUT2D eigenvalue weighted by atomic mass is 32.2. The third-order valence-corrected chi connectivity index (χ3v) is 4.76. The van der Waals surface area contributed by atoms with Crippen molar-refractivity contribution in [2.45, 2.75) is 25.0 Å². The molecule has 0 bridgehead atoms. The minimum atomic E-state index is -3.23.